The van der Waals surface area contributed by atoms with Gasteiger partial charge in [-0.3, -0.25) is 0 Å². The van der Waals surface area contributed by atoms with Crippen molar-refractivity contribution in [3.05, 3.63) is 587 Å². The molecule has 5 nitrogen and oxygen atoms in total. The smallest absolute Gasteiger partial charge is 0.0546 e. The van der Waals surface area contributed by atoms with Crippen LogP contribution < -0.4 is 14.7 Å². The van der Waals surface area contributed by atoms with Crippen molar-refractivity contribution in [1.82, 2.24) is 9.13 Å². The van der Waals surface area contributed by atoms with E-state index in [4.69, 9.17) is 0 Å². The van der Waals surface area contributed by atoms with Gasteiger partial charge < -0.3 is 23.8 Å². The highest BCUT2D eigenvalue weighted by molar-refractivity contribution is 7.19. The van der Waals surface area contributed by atoms with Gasteiger partial charge in [-0.1, -0.05) is 394 Å². The van der Waals surface area contributed by atoms with E-state index in [-0.39, 0.29) is 5.92 Å². The fourth-order valence-electron chi connectivity index (χ4n) is 21.1. The first-order valence-electron chi connectivity index (χ1n) is 49.2. The molecule has 0 unspecified atom stereocenters. The molecule has 1 aliphatic carbocycles. The maximum absolute atomic E-state index is 2.41. The second-order valence-corrected chi connectivity index (χ2v) is 38.7. The summed E-state index contributed by atoms with van der Waals surface area (Å²) in [6, 6.07) is 206. The molecule has 27 rings (SSSR count). The molecule has 0 N–H and O–H groups in total. The number of thiophene rings is 2. The molecule has 0 spiro atoms. The molecule has 26 aromatic rings. The van der Waals surface area contributed by atoms with Crippen LogP contribution in [0.25, 0.3) is 163 Å². The molecule has 4 heterocycles. The highest BCUT2D eigenvalue weighted by Crippen LogP contribution is 2.51. The summed E-state index contributed by atoms with van der Waals surface area (Å²) in [5, 5.41) is 10.0. The molecular weight excluding hydrogens is 1780 g/mol. The van der Waals surface area contributed by atoms with Crippen LogP contribution in [0.3, 0.4) is 0 Å². The van der Waals surface area contributed by atoms with Crippen molar-refractivity contribution in [3.63, 3.8) is 0 Å². The van der Waals surface area contributed by atoms with Crippen molar-refractivity contribution in [2.45, 2.75) is 5.92 Å². The number of hydrogen-bond acceptors (Lipinski definition) is 5. The van der Waals surface area contributed by atoms with E-state index in [0.717, 1.165) is 56.9 Å². The minimum Gasteiger partial charge on any atom is -0.311 e. The quantitative estimate of drug-likeness (QED) is 0.0752. The van der Waals surface area contributed by atoms with Crippen LogP contribution in [0.1, 0.15) is 22.6 Å². The number of para-hydroxylation sites is 4. The Bertz CT molecular complexity index is 8430. The van der Waals surface area contributed by atoms with Crippen LogP contribution in [-0.2, 0) is 0 Å². The van der Waals surface area contributed by atoms with E-state index in [9.17, 15) is 0 Å². The Kier molecular flexibility index (Phi) is 23.6. The summed E-state index contributed by atoms with van der Waals surface area (Å²) in [7, 11) is 0. The second-order valence-electron chi connectivity index (χ2n) is 36.5. The maximum atomic E-state index is 2.41. The zero-order valence-electron chi connectivity index (χ0n) is 78.9. The third kappa shape index (κ3) is 16.9. The van der Waals surface area contributed by atoms with Gasteiger partial charge in [-0.05, 0) is 276 Å². The summed E-state index contributed by atoms with van der Waals surface area (Å²) in [6.07, 6.45) is 0. The Morgan fingerprint density at radius 1 is 0.167 bits per heavy atom. The van der Waals surface area contributed by atoms with Crippen LogP contribution in [0.15, 0.2) is 570 Å². The SMILES string of the molecule is c1ccc(-c2ccc(-c3ccc(N(c4ccc(-c5ccc(-c6ccccc6)s5)cc4)c4cc5ccccc5c5ccccc45)cc3)s2)cc1.c1ccc(-c2ccc(N(c3ccc(-c4ccccc4)cc3)c3ccc(-c4ccccc4)cc3)cc2)cc1.c1ccc2c(c1)-c1ccccc1C2c1ccc(N(c2ccc(-n3c4ccccc4c4ccccc43)cc2)c2ccc(-n3c4ccccc4c4ccccc43)cc2)cc1. The van der Waals surface area contributed by atoms with Gasteiger partial charge in [0.1, 0.15) is 0 Å². The number of hydrogen-bond donors (Lipinski definition) is 0. The fraction of sp³-hybridized carbons (Fsp3) is 0.00730. The van der Waals surface area contributed by atoms with Crippen molar-refractivity contribution in [2.24, 2.45) is 0 Å². The summed E-state index contributed by atoms with van der Waals surface area (Å²) >= 11 is 3.67. The molecule has 7 heteroatoms. The minimum atomic E-state index is 0.200. The standard InChI is InChI=1S/C55H37N3.C46H31NS2.C36H27N/c1-3-19-49-43(13-1)44-14-2-4-20-50(44)55(49)37-25-27-38(28-26-37)56(39-29-33-41(34-30-39)57-51-21-9-5-15-45(51)46-16-6-10-22-52(46)57)40-31-35-42(36-32-40)58-53-23-11-7-17-47(53)48-18-8-12-24-54(48)58;1-3-11-32(12-4-1)43-27-29-45(48-43)34-19-23-37(24-20-34)47(42-31-36-15-7-8-16-39(36)40-17-9-10-18-41(40)42)38-25-21-35(22-26-38)46-30-28-44(49-46)33-13-5-2-6-14-33;1-4-10-28(11-5-1)31-16-22-34(23-17-31)37(35-24-18-32(19-25-35)29-12-6-2-7-13-29)36-26-20-33(21-27-36)30-14-8-3-9-15-30/h1-36,55H;1-31H;1-27H. The van der Waals surface area contributed by atoms with Crippen LogP contribution >= 0.6 is 22.7 Å². The van der Waals surface area contributed by atoms with Gasteiger partial charge in [0.15, 0.2) is 0 Å². The third-order valence-electron chi connectivity index (χ3n) is 28.0. The molecule has 0 fully saturated rings. The molecule has 680 valence electrons. The van der Waals surface area contributed by atoms with Gasteiger partial charge in [-0.15, -0.1) is 22.7 Å². The highest BCUT2D eigenvalue weighted by atomic mass is 32.1. The Hall–Kier alpha value is -18.2. The molecule has 0 saturated carbocycles. The number of anilines is 9. The topological polar surface area (TPSA) is 19.6 Å². The lowest BCUT2D eigenvalue weighted by atomic mass is 9.89. The van der Waals surface area contributed by atoms with E-state index in [2.05, 4.69) is 594 Å². The first kappa shape index (κ1) is 87.3. The van der Waals surface area contributed by atoms with Gasteiger partial charge in [-0.2, -0.15) is 0 Å². The lowest BCUT2D eigenvalue weighted by Crippen LogP contribution is -2.11. The maximum Gasteiger partial charge on any atom is 0.0546 e. The summed E-state index contributed by atoms with van der Waals surface area (Å²) in [6.45, 7) is 0. The fourth-order valence-corrected chi connectivity index (χ4v) is 23.2. The van der Waals surface area contributed by atoms with Crippen LogP contribution in [0.5, 0.6) is 0 Å². The molecule has 22 aromatic carbocycles. The van der Waals surface area contributed by atoms with Gasteiger partial charge in [0.2, 0.25) is 0 Å². The predicted octanol–water partition coefficient (Wildman–Crippen LogP) is 38.9. The van der Waals surface area contributed by atoms with Crippen molar-refractivity contribution in [3.8, 4) is 97.6 Å². The third-order valence-corrected chi connectivity index (χ3v) is 30.4. The average molecular weight is 1880 g/mol. The summed E-state index contributed by atoms with van der Waals surface area (Å²) in [5.74, 6) is 0.200. The van der Waals surface area contributed by atoms with E-state index in [1.54, 1.807) is 0 Å². The van der Waals surface area contributed by atoms with Gasteiger partial charge in [0.25, 0.3) is 0 Å². The summed E-state index contributed by atoms with van der Waals surface area (Å²) in [4.78, 5) is 12.2. The van der Waals surface area contributed by atoms with Crippen LogP contribution in [0.2, 0.25) is 0 Å². The lowest BCUT2D eigenvalue weighted by Gasteiger charge is -2.28. The molecule has 4 aromatic heterocycles. The van der Waals surface area contributed by atoms with Gasteiger partial charge in [0.05, 0.1) is 27.8 Å². The van der Waals surface area contributed by atoms with Crippen LogP contribution in [0, 0.1) is 0 Å². The molecule has 144 heavy (non-hydrogen) atoms. The number of benzene rings is 22. The predicted molar refractivity (Wildman–Crippen MR) is 614 cm³/mol. The number of nitrogens with zero attached hydrogens (tertiary/aromatic N) is 5. The summed E-state index contributed by atoms with van der Waals surface area (Å²) < 4.78 is 4.76. The van der Waals surface area contributed by atoms with Crippen LogP contribution in [-0.4, -0.2) is 9.13 Å². The van der Waals surface area contributed by atoms with Crippen LogP contribution in [0.4, 0.5) is 51.2 Å². The molecule has 1 aliphatic rings. The Labute approximate surface area is 846 Å². The van der Waals surface area contributed by atoms with E-state index in [1.807, 2.05) is 22.7 Å². The molecule has 0 radical (unpaired) electrons. The van der Waals surface area contributed by atoms with Crippen molar-refractivity contribution >= 4 is 139 Å². The van der Waals surface area contributed by atoms with Gasteiger partial charge in [0, 0.05) is 109 Å². The van der Waals surface area contributed by atoms with Crippen molar-refractivity contribution in [2.75, 3.05) is 14.7 Å². The molecule has 0 saturated heterocycles. The Morgan fingerprint density at radius 3 is 0.743 bits per heavy atom. The number of fused-ring (bicyclic) bond motifs is 12. The highest BCUT2D eigenvalue weighted by Gasteiger charge is 2.31. The molecule has 0 atom stereocenters. The van der Waals surface area contributed by atoms with E-state index >= 15 is 0 Å². The Balaban J connectivity index is 0.000000116. The van der Waals surface area contributed by atoms with E-state index in [0.29, 0.717) is 0 Å². The zero-order chi connectivity index (χ0) is 95.6. The monoisotopic (exact) mass is 1870 g/mol. The first-order valence-corrected chi connectivity index (χ1v) is 50.8. The molecular formula is C137H95N5S2. The average Bonchev–Trinajstić information content (AvgIpc) is 1.40. The molecule has 0 aliphatic heterocycles. The molecule has 0 bridgehead atoms. The normalized spacial score (nSPS) is 11.6. The van der Waals surface area contributed by atoms with E-state index in [1.165, 1.54) is 174 Å². The van der Waals surface area contributed by atoms with E-state index < -0.39 is 0 Å². The summed E-state index contributed by atoms with van der Waals surface area (Å²) in [5.41, 5.74) is 36.2. The van der Waals surface area contributed by atoms with Gasteiger partial charge in [-0.25, -0.2) is 0 Å². The number of aromatic nitrogens is 2. The van der Waals surface area contributed by atoms with Gasteiger partial charge >= 0.3 is 0 Å². The molecule has 0 amide bonds. The zero-order valence-corrected chi connectivity index (χ0v) is 80.5. The second kappa shape index (κ2) is 38.9. The lowest BCUT2D eigenvalue weighted by molar-refractivity contribution is 1.01. The minimum absolute atomic E-state index is 0.200. The van der Waals surface area contributed by atoms with Crippen molar-refractivity contribution < 1.29 is 0 Å². The Morgan fingerprint density at radius 2 is 0.403 bits per heavy atom. The van der Waals surface area contributed by atoms with Crippen molar-refractivity contribution in [1.29, 1.82) is 0 Å². The number of rotatable bonds is 19. The first-order chi connectivity index (χ1) is 71.4. The largest absolute Gasteiger partial charge is 0.311 e.